The Hall–Kier alpha value is -3.81. The number of urea groups is 1. The molecule has 1 atom stereocenters. The number of hydrogen-bond acceptors (Lipinski definition) is 9. The van der Waals surface area contributed by atoms with E-state index in [0.29, 0.717) is 27.8 Å². The minimum absolute atomic E-state index is 0.0561. The van der Waals surface area contributed by atoms with Gasteiger partial charge < -0.3 is 20.7 Å². The van der Waals surface area contributed by atoms with Crippen LogP contribution in [0.3, 0.4) is 0 Å². The number of imide groups is 1. The summed E-state index contributed by atoms with van der Waals surface area (Å²) in [7, 11) is 0. The third-order valence-corrected chi connectivity index (χ3v) is 8.05. The first-order chi connectivity index (χ1) is 19.0. The third-order valence-electron chi connectivity index (χ3n) is 6.94. The van der Waals surface area contributed by atoms with Gasteiger partial charge in [0.2, 0.25) is 0 Å². The van der Waals surface area contributed by atoms with Crippen molar-refractivity contribution >= 4 is 46.7 Å². The van der Waals surface area contributed by atoms with Crippen LogP contribution in [0, 0.1) is 0 Å². The van der Waals surface area contributed by atoms with Gasteiger partial charge in [-0.1, -0.05) is 6.92 Å². The molecule has 39 heavy (non-hydrogen) atoms. The van der Waals surface area contributed by atoms with E-state index in [9.17, 15) is 14.4 Å². The van der Waals surface area contributed by atoms with Crippen LogP contribution >= 0.6 is 11.3 Å². The molecule has 3 aromatic rings. The smallest absolute Gasteiger partial charge is 0.326 e. The Labute approximate surface area is 228 Å². The van der Waals surface area contributed by atoms with Gasteiger partial charge in [-0.2, -0.15) is 9.61 Å². The highest BCUT2D eigenvalue weighted by atomic mass is 32.1. The lowest BCUT2D eigenvalue weighted by atomic mass is 10.2. The Kier molecular flexibility index (Phi) is 7.02. The van der Waals surface area contributed by atoms with E-state index in [2.05, 4.69) is 38.2 Å². The number of nitrogens with zero attached hydrogens (tertiary/aromatic N) is 4. The van der Waals surface area contributed by atoms with Gasteiger partial charge in [0.05, 0.1) is 34.9 Å². The summed E-state index contributed by atoms with van der Waals surface area (Å²) < 4.78 is 7.13. The van der Waals surface area contributed by atoms with Crippen LogP contribution in [0.15, 0.2) is 30.1 Å². The van der Waals surface area contributed by atoms with E-state index in [-0.39, 0.29) is 17.6 Å². The van der Waals surface area contributed by atoms with E-state index in [0.717, 1.165) is 62.8 Å². The van der Waals surface area contributed by atoms with Crippen LogP contribution in [0.25, 0.3) is 22.3 Å². The van der Waals surface area contributed by atoms with Crippen molar-refractivity contribution < 1.29 is 19.1 Å². The van der Waals surface area contributed by atoms with Crippen LogP contribution in [0.5, 0.6) is 0 Å². The number of morpholine rings is 1. The molecule has 12 nitrogen and oxygen atoms in total. The molecule has 6 rings (SSSR count). The van der Waals surface area contributed by atoms with E-state index in [1.165, 1.54) is 11.3 Å². The zero-order valence-electron chi connectivity index (χ0n) is 21.5. The molecule has 5 heterocycles. The maximum absolute atomic E-state index is 13.1. The van der Waals surface area contributed by atoms with E-state index < -0.39 is 11.9 Å². The summed E-state index contributed by atoms with van der Waals surface area (Å²) in [5, 5.41) is 15.9. The van der Waals surface area contributed by atoms with Gasteiger partial charge in [0.25, 0.3) is 11.8 Å². The SMILES string of the molecule is CCC(CN1CCOCC1)NC(=O)c1ccc(-c2cc(NC3CC3)n3ncc(/C=C4\NC(=O)NC4=O)c3n2)s1. The lowest BCUT2D eigenvalue weighted by Crippen LogP contribution is -2.46. The van der Waals surface area contributed by atoms with Gasteiger partial charge >= 0.3 is 6.03 Å². The highest BCUT2D eigenvalue weighted by Gasteiger charge is 2.26. The van der Waals surface area contributed by atoms with Crippen molar-refractivity contribution in [2.24, 2.45) is 0 Å². The van der Waals surface area contributed by atoms with Gasteiger partial charge in [-0.3, -0.25) is 19.8 Å². The van der Waals surface area contributed by atoms with Gasteiger partial charge in [0, 0.05) is 43.3 Å². The van der Waals surface area contributed by atoms with Crippen molar-refractivity contribution in [1.29, 1.82) is 0 Å². The van der Waals surface area contributed by atoms with Crippen LogP contribution in [0.4, 0.5) is 10.6 Å². The summed E-state index contributed by atoms with van der Waals surface area (Å²) in [4.78, 5) is 45.4. The van der Waals surface area contributed by atoms with Crippen LogP contribution in [0.2, 0.25) is 0 Å². The van der Waals surface area contributed by atoms with Crippen LogP contribution in [-0.2, 0) is 9.53 Å². The van der Waals surface area contributed by atoms with Crippen molar-refractivity contribution in [2.75, 3.05) is 38.2 Å². The molecule has 4 amide bonds. The molecular weight excluding hydrogens is 520 g/mol. The Morgan fingerprint density at radius 1 is 1.26 bits per heavy atom. The normalized spacial score (nSPS) is 19.8. The van der Waals surface area contributed by atoms with Gasteiger partial charge in [0.15, 0.2) is 5.65 Å². The Morgan fingerprint density at radius 2 is 2.08 bits per heavy atom. The molecule has 1 unspecified atom stereocenters. The Bertz CT molecular complexity index is 1450. The molecule has 0 spiro atoms. The number of anilines is 1. The lowest BCUT2D eigenvalue weighted by molar-refractivity contribution is -0.115. The Balaban J connectivity index is 1.26. The molecule has 13 heteroatoms. The highest BCUT2D eigenvalue weighted by Crippen LogP contribution is 2.32. The van der Waals surface area contributed by atoms with Gasteiger partial charge in [-0.25, -0.2) is 9.78 Å². The first kappa shape index (κ1) is 25.5. The Morgan fingerprint density at radius 3 is 2.79 bits per heavy atom. The number of carbonyl (C=O) groups excluding carboxylic acids is 3. The van der Waals surface area contributed by atoms with Crippen LogP contribution < -0.4 is 21.3 Å². The van der Waals surface area contributed by atoms with Crippen LogP contribution in [0.1, 0.15) is 41.4 Å². The van der Waals surface area contributed by atoms with E-state index in [1.807, 2.05) is 18.2 Å². The molecule has 3 aromatic heterocycles. The largest absolute Gasteiger partial charge is 0.379 e. The number of carbonyl (C=O) groups is 3. The molecule has 0 radical (unpaired) electrons. The number of aromatic nitrogens is 3. The van der Waals surface area contributed by atoms with E-state index >= 15 is 0 Å². The fourth-order valence-electron chi connectivity index (χ4n) is 4.61. The van der Waals surface area contributed by atoms with Crippen LogP contribution in [-0.4, -0.2) is 82.3 Å². The number of hydrogen-bond donors (Lipinski definition) is 4. The average Bonchev–Trinajstić information content (AvgIpc) is 3.30. The van der Waals surface area contributed by atoms with Gasteiger partial charge in [0.1, 0.15) is 11.5 Å². The zero-order valence-corrected chi connectivity index (χ0v) is 22.3. The molecule has 2 aliphatic heterocycles. The second kappa shape index (κ2) is 10.8. The van der Waals surface area contributed by atoms with Crippen molar-refractivity contribution in [3.63, 3.8) is 0 Å². The summed E-state index contributed by atoms with van der Waals surface area (Å²) >= 11 is 1.38. The third kappa shape index (κ3) is 5.65. The predicted molar refractivity (Wildman–Crippen MR) is 146 cm³/mol. The van der Waals surface area contributed by atoms with Crippen molar-refractivity contribution in [3.8, 4) is 10.6 Å². The number of thiophene rings is 1. The topological polar surface area (TPSA) is 142 Å². The highest BCUT2D eigenvalue weighted by molar-refractivity contribution is 7.17. The standard InChI is InChI=1S/C26H30N8O4S/c1-2-16(14-33-7-9-38-10-8-33)29-25(36)21-6-5-20(39-21)18-12-22(28-17-3-4-17)34-23(30-18)15(13-27-34)11-19-24(35)32-26(37)31-19/h5-6,11-13,16-17,28H,2-4,7-10,14H2,1H3,(H,29,36)(H2,31,32,35,37)/b19-11-. The number of ether oxygens (including phenoxy) is 1. The molecule has 2 saturated heterocycles. The minimum Gasteiger partial charge on any atom is -0.379 e. The quantitative estimate of drug-likeness (QED) is 0.234. The lowest BCUT2D eigenvalue weighted by Gasteiger charge is -2.30. The molecule has 1 aliphatic carbocycles. The maximum atomic E-state index is 13.1. The minimum atomic E-state index is -0.563. The molecule has 3 aliphatic rings. The van der Waals surface area contributed by atoms with Crippen molar-refractivity contribution in [2.45, 2.75) is 38.3 Å². The molecule has 4 N–H and O–H groups in total. The molecule has 1 saturated carbocycles. The maximum Gasteiger partial charge on any atom is 0.326 e. The second-order valence-electron chi connectivity index (χ2n) is 9.90. The summed E-state index contributed by atoms with van der Waals surface area (Å²) in [6.45, 7) is 6.10. The molecular formula is C26H30N8O4S. The number of rotatable bonds is 9. The average molecular weight is 551 g/mol. The number of amides is 4. The van der Waals surface area contributed by atoms with E-state index in [4.69, 9.17) is 9.72 Å². The fourth-order valence-corrected chi connectivity index (χ4v) is 5.48. The zero-order chi connectivity index (χ0) is 26.9. The monoisotopic (exact) mass is 550 g/mol. The van der Waals surface area contributed by atoms with Crippen molar-refractivity contribution in [3.05, 3.63) is 40.5 Å². The summed E-state index contributed by atoms with van der Waals surface area (Å²) in [5.74, 6) is 0.180. The molecule has 0 bridgehead atoms. The molecule has 0 aromatic carbocycles. The van der Waals surface area contributed by atoms with Gasteiger partial charge in [-0.05, 0) is 37.5 Å². The molecule has 204 valence electrons. The van der Waals surface area contributed by atoms with Gasteiger partial charge in [-0.15, -0.1) is 11.3 Å². The number of nitrogens with one attached hydrogen (secondary N) is 4. The summed E-state index contributed by atoms with van der Waals surface area (Å²) in [5.41, 5.74) is 1.95. The van der Waals surface area contributed by atoms with E-state index in [1.54, 1.807) is 16.8 Å². The fraction of sp³-hybridized carbons (Fsp3) is 0.423. The first-order valence-electron chi connectivity index (χ1n) is 13.2. The summed E-state index contributed by atoms with van der Waals surface area (Å²) in [6.07, 6.45) is 6.17. The van der Waals surface area contributed by atoms with Crippen molar-refractivity contribution in [1.82, 2.24) is 35.4 Å². The second-order valence-corrected chi connectivity index (χ2v) is 11.0. The molecule has 3 fully saturated rings. The first-order valence-corrected chi connectivity index (χ1v) is 14.0. The predicted octanol–water partition coefficient (Wildman–Crippen LogP) is 2.05. The number of fused-ring (bicyclic) bond motifs is 1. The summed E-state index contributed by atoms with van der Waals surface area (Å²) in [6, 6.07) is 5.53.